The first kappa shape index (κ1) is 23.8. The van der Waals surface area contributed by atoms with E-state index >= 15 is 0 Å². The number of carbonyl (C=O) groups is 1. The fourth-order valence-corrected chi connectivity index (χ4v) is 1.81. The van der Waals surface area contributed by atoms with Gasteiger partial charge in [-0.25, -0.2) is 19.6 Å². The second kappa shape index (κ2) is 11.4. The van der Waals surface area contributed by atoms with Crippen molar-refractivity contribution in [2.75, 3.05) is 0 Å². The lowest BCUT2D eigenvalue weighted by Gasteiger charge is -2.26. The number of carboxylic acids is 1. The van der Waals surface area contributed by atoms with Gasteiger partial charge in [0.15, 0.2) is 0 Å². The molecule has 0 spiro atoms. The van der Waals surface area contributed by atoms with Gasteiger partial charge in [-0.3, -0.25) is 4.79 Å². The van der Waals surface area contributed by atoms with Crippen molar-refractivity contribution in [2.45, 2.75) is 84.2 Å². The van der Waals surface area contributed by atoms with Gasteiger partial charge in [-0.1, -0.05) is 25.5 Å². The van der Waals surface area contributed by atoms with Crippen molar-refractivity contribution in [3.05, 3.63) is 25.3 Å². The molecule has 0 aromatic heterocycles. The molecule has 1 N–H and O–H groups in total. The van der Waals surface area contributed by atoms with Crippen molar-refractivity contribution in [3.63, 3.8) is 0 Å². The summed E-state index contributed by atoms with van der Waals surface area (Å²) in [4.78, 5) is 32.6. The zero-order valence-electron chi connectivity index (χ0n) is 16.2. The summed E-state index contributed by atoms with van der Waals surface area (Å²) in [5.74, 6) is -1.13. The van der Waals surface area contributed by atoms with Crippen LogP contribution in [-0.2, 0) is 24.3 Å². The number of hydrogen-bond acceptors (Lipinski definition) is 5. The summed E-state index contributed by atoms with van der Waals surface area (Å²) >= 11 is 0. The smallest absolute Gasteiger partial charge is 0.306 e. The van der Waals surface area contributed by atoms with Crippen molar-refractivity contribution >= 4 is 5.97 Å². The van der Waals surface area contributed by atoms with E-state index in [-0.39, 0.29) is 5.92 Å². The zero-order chi connectivity index (χ0) is 19.5. The number of aliphatic carboxylic acids is 1. The average Bonchev–Trinajstić information content (AvgIpc) is 2.55. The summed E-state index contributed by atoms with van der Waals surface area (Å²) in [6, 6.07) is 0. The molecular weight excluding hydrogens is 324 g/mol. The summed E-state index contributed by atoms with van der Waals surface area (Å²) in [7, 11) is 0. The van der Waals surface area contributed by atoms with Gasteiger partial charge < -0.3 is 5.11 Å². The SMILES string of the molecule is C=CC(C)(C)OOC(CCCC(CCC)C(=O)O)OOC(C)(C)C=C. The Labute approximate surface area is 151 Å². The van der Waals surface area contributed by atoms with Crippen LogP contribution in [0, 0.1) is 5.92 Å². The van der Waals surface area contributed by atoms with E-state index in [1.54, 1.807) is 39.8 Å². The fourth-order valence-electron chi connectivity index (χ4n) is 1.81. The molecule has 25 heavy (non-hydrogen) atoms. The molecule has 0 rings (SSSR count). The van der Waals surface area contributed by atoms with Gasteiger partial charge in [0.1, 0.15) is 11.2 Å². The average molecular weight is 358 g/mol. The monoisotopic (exact) mass is 358 g/mol. The third kappa shape index (κ3) is 11.1. The molecule has 0 aliphatic rings. The lowest BCUT2D eigenvalue weighted by atomic mass is 9.97. The number of carboxylic acid groups (broad SMARTS) is 1. The fraction of sp³-hybridized carbons (Fsp3) is 0.737. The van der Waals surface area contributed by atoms with Gasteiger partial charge in [-0.2, -0.15) is 0 Å². The van der Waals surface area contributed by atoms with E-state index in [0.717, 1.165) is 6.42 Å². The summed E-state index contributed by atoms with van der Waals surface area (Å²) in [6.45, 7) is 16.5. The lowest BCUT2D eigenvalue weighted by Crippen LogP contribution is -2.30. The van der Waals surface area contributed by atoms with E-state index in [4.69, 9.17) is 19.6 Å². The van der Waals surface area contributed by atoms with Crippen LogP contribution in [0.15, 0.2) is 25.3 Å². The molecule has 0 fully saturated rings. The van der Waals surface area contributed by atoms with Gasteiger partial charge in [0.2, 0.25) is 6.29 Å². The molecule has 0 bridgehead atoms. The summed E-state index contributed by atoms with van der Waals surface area (Å²) < 4.78 is 0. The van der Waals surface area contributed by atoms with Crippen molar-refractivity contribution in [3.8, 4) is 0 Å². The van der Waals surface area contributed by atoms with Gasteiger partial charge in [0, 0.05) is 6.42 Å². The molecule has 6 heteroatoms. The quantitative estimate of drug-likeness (QED) is 0.196. The Balaban J connectivity index is 4.62. The molecule has 6 nitrogen and oxygen atoms in total. The molecule has 0 radical (unpaired) electrons. The third-order valence-corrected chi connectivity index (χ3v) is 3.70. The maximum Gasteiger partial charge on any atom is 0.306 e. The molecule has 0 aliphatic carbocycles. The van der Waals surface area contributed by atoms with Crippen LogP contribution in [0.1, 0.15) is 66.7 Å². The minimum atomic E-state index is -0.783. The summed E-state index contributed by atoms with van der Waals surface area (Å²) in [5, 5.41) is 9.22. The van der Waals surface area contributed by atoms with Gasteiger partial charge in [0.05, 0.1) is 5.92 Å². The van der Waals surface area contributed by atoms with Gasteiger partial charge in [0.25, 0.3) is 0 Å². The maximum atomic E-state index is 11.2. The van der Waals surface area contributed by atoms with Crippen molar-refractivity contribution < 1.29 is 29.5 Å². The largest absolute Gasteiger partial charge is 0.481 e. The molecule has 0 saturated heterocycles. The van der Waals surface area contributed by atoms with Crippen LogP contribution < -0.4 is 0 Å². The second-order valence-corrected chi connectivity index (χ2v) is 7.16. The predicted molar refractivity (Wildman–Crippen MR) is 96.6 cm³/mol. The van der Waals surface area contributed by atoms with Crippen LogP contribution in [0.4, 0.5) is 0 Å². The Morgan fingerprint density at radius 1 is 1.00 bits per heavy atom. The number of rotatable bonds is 15. The van der Waals surface area contributed by atoms with Gasteiger partial charge in [-0.15, -0.1) is 13.2 Å². The first-order chi connectivity index (χ1) is 11.6. The lowest BCUT2D eigenvalue weighted by molar-refractivity contribution is -0.492. The van der Waals surface area contributed by atoms with E-state index in [0.29, 0.717) is 25.7 Å². The van der Waals surface area contributed by atoms with Crippen LogP contribution in [0.5, 0.6) is 0 Å². The molecule has 1 unspecified atom stereocenters. The highest BCUT2D eigenvalue weighted by atomic mass is 17.3. The molecule has 0 aromatic carbocycles. The Morgan fingerprint density at radius 2 is 1.48 bits per heavy atom. The van der Waals surface area contributed by atoms with Crippen molar-refractivity contribution in [1.82, 2.24) is 0 Å². The molecule has 1 atom stereocenters. The molecule has 0 saturated carbocycles. The van der Waals surface area contributed by atoms with Gasteiger partial charge in [-0.05, 0) is 47.0 Å². The van der Waals surface area contributed by atoms with Crippen LogP contribution in [0.2, 0.25) is 0 Å². The highest BCUT2D eigenvalue weighted by molar-refractivity contribution is 5.69. The highest BCUT2D eigenvalue weighted by Gasteiger charge is 2.24. The Morgan fingerprint density at radius 3 is 1.84 bits per heavy atom. The van der Waals surface area contributed by atoms with E-state index < -0.39 is 23.5 Å². The predicted octanol–water partition coefficient (Wildman–Crippen LogP) is 4.81. The summed E-state index contributed by atoms with van der Waals surface area (Å²) in [5.41, 5.74) is -1.36. The normalized spacial score (nSPS) is 13.7. The molecule has 0 amide bonds. The van der Waals surface area contributed by atoms with Crippen molar-refractivity contribution in [2.24, 2.45) is 5.92 Å². The van der Waals surface area contributed by atoms with E-state index in [1.165, 1.54) is 0 Å². The van der Waals surface area contributed by atoms with Crippen LogP contribution in [-0.4, -0.2) is 28.6 Å². The Bertz CT molecular complexity index is 392. The van der Waals surface area contributed by atoms with E-state index in [1.807, 2.05) is 6.92 Å². The molecular formula is C19H34O6. The molecule has 0 aliphatic heterocycles. The Kier molecular flexibility index (Phi) is 10.9. The van der Waals surface area contributed by atoms with Crippen LogP contribution in [0.3, 0.4) is 0 Å². The molecule has 0 heterocycles. The van der Waals surface area contributed by atoms with Crippen molar-refractivity contribution in [1.29, 1.82) is 0 Å². The summed E-state index contributed by atoms with van der Waals surface area (Å²) in [6.07, 6.45) is 5.52. The van der Waals surface area contributed by atoms with Crippen LogP contribution >= 0.6 is 0 Å². The Hall–Kier alpha value is -1.21. The highest BCUT2D eigenvalue weighted by Crippen LogP contribution is 2.21. The van der Waals surface area contributed by atoms with Crippen LogP contribution in [0.25, 0.3) is 0 Å². The first-order valence-corrected chi connectivity index (χ1v) is 8.76. The maximum absolute atomic E-state index is 11.2. The minimum Gasteiger partial charge on any atom is -0.481 e. The molecule has 146 valence electrons. The topological polar surface area (TPSA) is 74.2 Å². The zero-order valence-corrected chi connectivity index (χ0v) is 16.2. The molecule has 0 aromatic rings. The van der Waals surface area contributed by atoms with E-state index in [2.05, 4.69) is 13.2 Å². The first-order valence-electron chi connectivity index (χ1n) is 8.76. The standard InChI is InChI=1S/C19H34O6/c1-8-12-15(17(20)21)13-11-14-16(22-24-18(4,5)9-2)23-25-19(6,7)10-3/h9-10,15-16H,2-3,8,11-14H2,1,4-7H3,(H,20,21). The van der Waals surface area contributed by atoms with Gasteiger partial charge >= 0.3 is 5.97 Å². The van der Waals surface area contributed by atoms with E-state index in [9.17, 15) is 9.90 Å². The minimum absolute atomic E-state index is 0.360. The number of hydrogen-bond donors (Lipinski definition) is 1. The second-order valence-electron chi connectivity index (χ2n) is 7.16. The third-order valence-electron chi connectivity index (χ3n) is 3.70.